The highest BCUT2D eigenvalue weighted by Crippen LogP contribution is 2.33. The van der Waals surface area contributed by atoms with E-state index in [1.165, 1.54) is 29.4 Å². The number of ether oxygens (including phenoxy) is 2. The molecule has 0 aliphatic carbocycles. The van der Waals surface area contributed by atoms with Gasteiger partial charge in [-0.05, 0) is 29.7 Å². The molecule has 2 aromatic rings. The van der Waals surface area contributed by atoms with Crippen LogP contribution in [0.25, 0.3) is 0 Å². The Kier molecular flexibility index (Phi) is 5.01. The van der Waals surface area contributed by atoms with E-state index in [1.807, 2.05) is 5.38 Å². The molecule has 0 fully saturated rings. The number of amides is 1. The quantitative estimate of drug-likeness (QED) is 0.901. The van der Waals surface area contributed by atoms with Crippen LogP contribution in [-0.4, -0.2) is 36.6 Å². The Morgan fingerprint density at radius 3 is 2.67 bits per heavy atom. The second-order valence-corrected chi connectivity index (χ2v) is 6.62. The molecule has 1 amide bonds. The lowest BCUT2D eigenvalue weighted by Gasteiger charge is -2.29. The second kappa shape index (κ2) is 7.19. The lowest BCUT2D eigenvalue weighted by Crippen LogP contribution is -2.30. The summed E-state index contributed by atoms with van der Waals surface area (Å²) in [5, 5.41) is 5.37. The maximum absolute atomic E-state index is 11.1. The molecule has 1 aromatic carbocycles. The monoisotopic (exact) mass is 347 g/mol. The number of carbonyl (C=O) groups is 1. The van der Waals surface area contributed by atoms with Crippen molar-refractivity contribution < 1.29 is 14.3 Å². The van der Waals surface area contributed by atoms with Crippen LogP contribution in [0.4, 0.5) is 5.13 Å². The van der Waals surface area contributed by atoms with Gasteiger partial charge in [0, 0.05) is 31.9 Å². The number of nitrogens with zero attached hydrogens (tertiary/aromatic N) is 2. The first-order chi connectivity index (χ1) is 11.6. The summed E-state index contributed by atoms with van der Waals surface area (Å²) in [7, 11) is 3.32. The number of hydrogen-bond acceptors (Lipinski definition) is 6. The van der Waals surface area contributed by atoms with Crippen LogP contribution in [0.1, 0.15) is 23.7 Å². The van der Waals surface area contributed by atoms with Gasteiger partial charge in [0.25, 0.3) is 0 Å². The fourth-order valence-electron chi connectivity index (χ4n) is 2.89. The third-order valence-corrected chi connectivity index (χ3v) is 4.82. The van der Waals surface area contributed by atoms with Gasteiger partial charge in [0.1, 0.15) is 0 Å². The summed E-state index contributed by atoms with van der Waals surface area (Å²) in [5.41, 5.74) is 3.55. The Labute approximate surface area is 145 Å². The van der Waals surface area contributed by atoms with E-state index in [2.05, 4.69) is 27.3 Å². The van der Waals surface area contributed by atoms with Gasteiger partial charge in [-0.25, -0.2) is 4.98 Å². The van der Waals surface area contributed by atoms with Gasteiger partial charge in [-0.15, -0.1) is 11.3 Å². The van der Waals surface area contributed by atoms with Crippen molar-refractivity contribution in [1.82, 2.24) is 9.88 Å². The number of benzene rings is 1. The first kappa shape index (κ1) is 16.7. The Hall–Kier alpha value is -2.12. The fraction of sp³-hybridized carbons (Fsp3) is 0.412. The minimum Gasteiger partial charge on any atom is -0.493 e. The van der Waals surface area contributed by atoms with Crippen LogP contribution in [-0.2, 0) is 24.3 Å². The van der Waals surface area contributed by atoms with Crippen LogP contribution >= 0.6 is 11.3 Å². The summed E-state index contributed by atoms with van der Waals surface area (Å²) >= 11 is 1.46. The molecule has 1 aliphatic heterocycles. The van der Waals surface area contributed by atoms with Crippen LogP contribution in [0, 0.1) is 0 Å². The first-order valence-corrected chi connectivity index (χ1v) is 8.65. The summed E-state index contributed by atoms with van der Waals surface area (Å²) in [6, 6.07) is 4.13. The predicted octanol–water partition coefficient (Wildman–Crippen LogP) is 2.68. The van der Waals surface area contributed by atoms with E-state index in [0.717, 1.165) is 43.2 Å². The van der Waals surface area contributed by atoms with Gasteiger partial charge in [0.05, 0.1) is 19.9 Å². The number of carbonyl (C=O) groups excluding carboxylic acids is 1. The summed E-state index contributed by atoms with van der Waals surface area (Å²) in [6.45, 7) is 4.08. The van der Waals surface area contributed by atoms with Gasteiger partial charge < -0.3 is 14.8 Å². The molecule has 0 atom stereocenters. The van der Waals surface area contributed by atoms with Crippen molar-refractivity contribution in [3.63, 3.8) is 0 Å². The van der Waals surface area contributed by atoms with Gasteiger partial charge >= 0.3 is 0 Å². The third-order valence-electron chi connectivity index (χ3n) is 4.02. The van der Waals surface area contributed by atoms with E-state index in [4.69, 9.17) is 9.47 Å². The van der Waals surface area contributed by atoms with Crippen molar-refractivity contribution in [3.8, 4) is 11.5 Å². The highest BCUT2D eigenvalue weighted by atomic mass is 32.1. The lowest BCUT2D eigenvalue weighted by atomic mass is 9.98. The van der Waals surface area contributed by atoms with E-state index >= 15 is 0 Å². The zero-order chi connectivity index (χ0) is 17.1. The van der Waals surface area contributed by atoms with Crippen molar-refractivity contribution in [2.75, 3.05) is 26.1 Å². The molecule has 1 aromatic heterocycles. The molecule has 0 unspecified atom stereocenters. The third kappa shape index (κ3) is 3.68. The average molecular weight is 347 g/mol. The molecule has 128 valence electrons. The molecule has 1 aliphatic rings. The standard InChI is InChI=1S/C17H21N3O3S/c1-11(21)18-17-19-14(10-24-17)9-20-5-4-12-6-15(22-2)16(23-3)7-13(12)8-20/h6-7,10H,4-5,8-9H2,1-3H3,(H,18,19,21). The molecular weight excluding hydrogens is 326 g/mol. The van der Waals surface area contributed by atoms with Crippen LogP contribution in [0.3, 0.4) is 0 Å². The van der Waals surface area contributed by atoms with Crippen molar-refractivity contribution in [2.24, 2.45) is 0 Å². The SMILES string of the molecule is COc1cc2c(cc1OC)CN(Cc1csc(NC(C)=O)n1)CC2. The van der Waals surface area contributed by atoms with Gasteiger partial charge in [-0.1, -0.05) is 0 Å². The Balaban J connectivity index is 1.70. The Morgan fingerprint density at radius 1 is 1.29 bits per heavy atom. The summed E-state index contributed by atoms with van der Waals surface area (Å²) in [6.07, 6.45) is 0.971. The van der Waals surface area contributed by atoms with E-state index in [0.29, 0.717) is 5.13 Å². The predicted molar refractivity (Wildman–Crippen MR) is 93.8 cm³/mol. The molecule has 0 spiro atoms. The average Bonchev–Trinajstić information content (AvgIpc) is 2.99. The van der Waals surface area contributed by atoms with Crippen LogP contribution in [0.2, 0.25) is 0 Å². The van der Waals surface area contributed by atoms with E-state index < -0.39 is 0 Å². The van der Waals surface area contributed by atoms with E-state index in [1.54, 1.807) is 14.2 Å². The Morgan fingerprint density at radius 2 is 2.00 bits per heavy atom. The zero-order valence-corrected chi connectivity index (χ0v) is 14.9. The van der Waals surface area contributed by atoms with Gasteiger partial charge in [-0.3, -0.25) is 9.69 Å². The number of hydrogen-bond donors (Lipinski definition) is 1. The van der Waals surface area contributed by atoms with Crippen LogP contribution < -0.4 is 14.8 Å². The number of anilines is 1. The van der Waals surface area contributed by atoms with Crippen molar-refractivity contribution >= 4 is 22.4 Å². The molecule has 6 nitrogen and oxygen atoms in total. The van der Waals surface area contributed by atoms with Gasteiger partial charge in [0.15, 0.2) is 16.6 Å². The van der Waals surface area contributed by atoms with E-state index in [-0.39, 0.29) is 5.91 Å². The molecule has 2 heterocycles. The van der Waals surface area contributed by atoms with Crippen molar-refractivity contribution in [2.45, 2.75) is 26.4 Å². The molecule has 24 heavy (non-hydrogen) atoms. The highest BCUT2D eigenvalue weighted by molar-refractivity contribution is 7.13. The van der Waals surface area contributed by atoms with Crippen molar-refractivity contribution in [1.29, 1.82) is 0 Å². The smallest absolute Gasteiger partial charge is 0.223 e. The maximum Gasteiger partial charge on any atom is 0.223 e. The molecule has 3 rings (SSSR count). The van der Waals surface area contributed by atoms with Gasteiger partial charge in [-0.2, -0.15) is 0 Å². The zero-order valence-electron chi connectivity index (χ0n) is 14.1. The summed E-state index contributed by atoms with van der Waals surface area (Å²) < 4.78 is 10.8. The molecule has 0 bridgehead atoms. The molecular formula is C17H21N3O3S. The highest BCUT2D eigenvalue weighted by Gasteiger charge is 2.20. The second-order valence-electron chi connectivity index (χ2n) is 5.76. The van der Waals surface area contributed by atoms with Crippen LogP contribution in [0.15, 0.2) is 17.5 Å². The normalized spacial score (nSPS) is 14.1. The minimum absolute atomic E-state index is 0.0937. The minimum atomic E-state index is -0.0937. The molecule has 0 radical (unpaired) electrons. The number of fused-ring (bicyclic) bond motifs is 1. The molecule has 0 saturated heterocycles. The number of thiazole rings is 1. The maximum atomic E-state index is 11.1. The van der Waals surface area contributed by atoms with E-state index in [9.17, 15) is 4.79 Å². The molecule has 7 heteroatoms. The van der Waals surface area contributed by atoms with Crippen LogP contribution in [0.5, 0.6) is 11.5 Å². The fourth-order valence-corrected chi connectivity index (χ4v) is 3.64. The summed E-state index contributed by atoms with van der Waals surface area (Å²) in [4.78, 5) is 17.9. The number of methoxy groups -OCH3 is 2. The first-order valence-electron chi connectivity index (χ1n) is 7.77. The number of aromatic nitrogens is 1. The largest absolute Gasteiger partial charge is 0.493 e. The number of rotatable bonds is 5. The molecule has 1 N–H and O–H groups in total. The number of nitrogens with one attached hydrogen (secondary N) is 1. The summed E-state index contributed by atoms with van der Waals surface area (Å²) in [5.74, 6) is 1.45. The van der Waals surface area contributed by atoms with Crippen molar-refractivity contribution in [3.05, 3.63) is 34.3 Å². The molecule has 0 saturated carbocycles. The Bertz CT molecular complexity index is 745. The van der Waals surface area contributed by atoms with Gasteiger partial charge in [0.2, 0.25) is 5.91 Å². The topological polar surface area (TPSA) is 63.7 Å². The lowest BCUT2D eigenvalue weighted by molar-refractivity contribution is -0.114.